The molecule has 1 unspecified atom stereocenters. The van der Waals surface area contributed by atoms with Gasteiger partial charge in [-0.25, -0.2) is 4.79 Å². The Labute approximate surface area is 101 Å². The van der Waals surface area contributed by atoms with Crippen LogP contribution in [0.1, 0.15) is 23.0 Å². The van der Waals surface area contributed by atoms with Crippen molar-refractivity contribution in [1.29, 1.82) is 0 Å². The van der Waals surface area contributed by atoms with E-state index in [0.29, 0.717) is 19.2 Å². The standard InChI is InChI=1S/C12H18N2O3/c1-9(8-17-3)14(2)7-11-5-4-10(6-13-11)12(15)16/h4-6,9H,7-8H2,1-3H3,(H,15,16). The molecule has 5 heteroatoms. The zero-order chi connectivity index (χ0) is 12.8. The van der Waals surface area contributed by atoms with E-state index < -0.39 is 5.97 Å². The summed E-state index contributed by atoms with van der Waals surface area (Å²) in [6, 6.07) is 3.60. The topological polar surface area (TPSA) is 62.7 Å². The molecule has 1 aromatic rings. The van der Waals surface area contributed by atoms with Gasteiger partial charge in [0.05, 0.1) is 17.9 Å². The normalized spacial score (nSPS) is 12.7. The third-order valence-electron chi connectivity index (χ3n) is 2.64. The number of hydrogen-bond acceptors (Lipinski definition) is 4. The number of aromatic nitrogens is 1. The highest BCUT2D eigenvalue weighted by Crippen LogP contribution is 2.05. The van der Waals surface area contributed by atoms with Gasteiger partial charge in [0.1, 0.15) is 0 Å². The average Bonchev–Trinajstić information content (AvgIpc) is 2.30. The smallest absolute Gasteiger partial charge is 0.337 e. The first kappa shape index (κ1) is 13.6. The van der Waals surface area contributed by atoms with Gasteiger partial charge in [-0.2, -0.15) is 0 Å². The van der Waals surface area contributed by atoms with E-state index in [1.807, 2.05) is 7.05 Å². The summed E-state index contributed by atoms with van der Waals surface area (Å²) in [7, 11) is 3.65. The SMILES string of the molecule is COCC(C)N(C)Cc1ccc(C(=O)O)cn1. The molecule has 0 aliphatic carbocycles. The minimum absolute atomic E-state index is 0.210. The van der Waals surface area contributed by atoms with Crippen LogP contribution in [0, 0.1) is 0 Å². The van der Waals surface area contributed by atoms with E-state index in [1.165, 1.54) is 6.20 Å². The number of ether oxygens (including phenoxy) is 1. The third-order valence-corrected chi connectivity index (χ3v) is 2.64. The summed E-state index contributed by atoms with van der Waals surface area (Å²) >= 11 is 0. The molecule has 0 saturated carbocycles. The Morgan fingerprint density at radius 3 is 2.76 bits per heavy atom. The molecular weight excluding hydrogens is 220 g/mol. The van der Waals surface area contributed by atoms with E-state index in [0.717, 1.165) is 5.69 Å². The Hall–Kier alpha value is -1.46. The van der Waals surface area contributed by atoms with Crippen molar-refractivity contribution in [2.45, 2.75) is 19.5 Å². The van der Waals surface area contributed by atoms with E-state index in [4.69, 9.17) is 9.84 Å². The van der Waals surface area contributed by atoms with Crippen molar-refractivity contribution >= 4 is 5.97 Å². The number of aromatic carboxylic acids is 1. The minimum atomic E-state index is -0.954. The Morgan fingerprint density at radius 1 is 1.59 bits per heavy atom. The van der Waals surface area contributed by atoms with E-state index in [2.05, 4.69) is 16.8 Å². The van der Waals surface area contributed by atoms with E-state index in [9.17, 15) is 4.79 Å². The number of likely N-dealkylation sites (N-methyl/N-ethyl adjacent to an activating group) is 1. The number of nitrogens with zero attached hydrogens (tertiary/aromatic N) is 2. The molecule has 1 N–H and O–H groups in total. The predicted octanol–water partition coefficient (Wildman–Crippen LogP) is 1.25. The summed E-state index contributed by atoms with van der Waals surface area (Å²) in [5, 5.41) is 8.75. The summed E-state index contributed by atoms with van der Waals surface area (Å²) in [5.41, 5.74) is 1.06. The Bertz CT molecular complexity index is 365. The minimum Gasteiger partial charge on any atom is -0.478 e. The second kappa shape index (κ2) is 6.32. The van der Waals surface area contributed by atoms with Gasteiger partial charge in [0, 0.05) is 25.9 Å². The van der Waals surface area contributed by atoms with Crippen LogP contribution in [0.4, 0.5) is 0 Å². The van der Waals surface area contributed by atoms with Crippen LogP contribution in [0.2, 0.25) is 0 Å². The van der Waals surface area contributed by atoms with Gasteiger partial charge in [-0.1, -0.05) is 0 Å². The first-order valence-corrected chi connectivity index (χ1v) is 5.42. The van der Waals surface area contributed by atoms with Gasteiger partial charge in [0.25, 0.3) is 0 Å². The summed E-state index contributed by atoms with van der Waals surface area (Å²) in [5.74, 6) is -0.954. The first-order valence-electron chi connectivity index (χ1n) is 5.42. The van der Waals surface area contributed by atoms with Crippen molar-refractivity contribution in [3.05, 3.63) is 29.6 Å². The van der Waals surface area contributed by atoms with Crippen LogP contribution in [0.3, 0.4) is 0 Å². The summed E-state index contributed by atoms with van der Waals surface area (Å²) in [4.78, 5) is 16.9. The van der Waals surface area contributed by atoms with Gasteiger partial charge in [-0.15, -0.1) is 0 Å². The number of carboxylic acids is 1. The van der Waals surface area contributed by atoms with Gasteiger partial charge >= 0.3 is 5.97 Å². The zero-order valence-electron chi connectivity index (χ0n) is 10.4. The Morgan fingerprint density at radius 2 is 2.29 bits per heavy atom. The molecule has 0 bridgehead atoms. The third kappa shape index (κ3) is 4.13. The molecule has 0 fully saturated rings. The molecule has 0 aromatic carbocycles. The fourth-order valence-corrected chi connectivity index (χ4v) is 1.42. The molecule has 0 amide bonds. The summed E-state index contributed by atoms with van der Waals surface area (Å²) in [6.07, 6.45) is 1.38. The van der Waals surface area contributed by atoms with Crippen LogP contribution < -0.4 is 0 Å². The predicted molar refractivity (Wildman–Crippen MR) is 64.0 cm³/mol. The highest BCUT2D eigenvalue weighted by Gasteiger charge is 2.10. The van der Waals surface area contributed by atoms with Crippen LogP contribution in [0.5, 0.6) is 0 Å². The maximum Gasteiger partial charge on any atom is 0.337 e. The lowest BCUT2D eigenvalue weighted by atomic mass is 10.2. The van der Waals surface area contributed by atoms with Crippen molar-refractivity contribution in [2.75, 3.05) is 20.8 Å². The molecule has 1 aromatic heterocycles. The van der Waals surface area contributed by atoms with Crippen LogP contribution in [0.25, 0.3) is 0 Å². The average molecular weight is 238 g/mol. The molecule has 0 spiro atoms. The van der Waals surface area contributed by atoms with Gasteiger partial charge in [-0.3, -0.25) is 9.88 Å². The molecule has 0 saturated heterocycles. The molecule has 1 atom stereocenters. The molecular formula is C12H18N2O3. The van der Waals surface area contributed by atoms with Gasteiger partial charge in [0.2, 0.25) is 0 Å². The van der Waals surface area contributed by atoms with Crippen molar-refractivity contribution < 1.29 is 14.6 Å². The largest absolute Gasteiger partial charge is 0.478 e. The van der Waals surface area contributed by atoms with Gasteiger partial charge in [0.15, 0.2) is 0 Å². The van der Waals surface area contributed by atoms with E-state index in [1.54, 1.807) is 19.2 Å². The van der Waals surface area contributed by atoms with Crippen LogP contribution >= 0.6 is 0 Å². The summed E-state index contributed by atoms with van der Waals surface area (Å²) in [6.45, 7) is 3.39. The molecule has 0 radical (unpaired) electrons. The molecule has 0 aliphatic heterocycles. The number of pyridine rings is 1. The Balaban J connectivity index is 2.59. The first-order chi connectivity index (χ1) is 8.04. The molecule has 1 heterocycles. The van der Waals surface area contributed by atoms with Gasteiger partial charge in [-0.05, 0) is 26.1 Å². The van der Waals surface area contributed by atoms with Crippen molar-refractivity contribution in [1.82, 2.24) is 9.88 Å². The lowest BCUT2D eigenvalue weighted by Gasteiger charge is -2.23. The number of carboxylic acid groups (broad SMARTS) is 1. The second-order valence-electron chi connectivity index (χ2n) is 4.06. The fourth-order valence-electron chi connectivity index (χ4n) is 1.42. The molecule has 5 nitrogen and oxygen atoms in total. The van der Waals surface area contributed by atoms with E-state index >= 15 is 0 Å². The zero-order valence-corrected chi connectivity index (χ0v) is 10.4. The van der Waals surface area contributed by atoms with Crippen molar-refractivity contribution in [3.8, 4) is 0 Å². The number of rotatable bonds is 6. The fraction of sp³-hybridized carbons (Fsp3) is 0.500. The van der Waals surface area contributed by atoms with E-state index in [-0.39, 0.29) is 5.56 Å². The molecule has 94 valence electrons. The number of carbonyl (C=O) groups is 1. The monoisotopic (exact) mass is 238 g/mol. The molecule has 0 aliphatic rings. The highest BCUT2D eigenvalue weighted by atomic mass is 16.5. The quantitative estimate of drug-likeness (QED) is 0.808. The Kier molecular flexibility index (Phi) is 5.06. The van der Waals surface area contributed by atoms with Crippen LogP contribution in [-0.2, 0) is 11.3 Å². The second-order valence-corrected chi connectivity index (χ2v) is 4.06. The molecule has 1 rings (SSSR count). The lowest BCUT2D eigenvalue weighted by Crippen LogP contribution is -2.32. The van der Waals surface area contributed by atoms with Crippen LogP contribution in [-0.4, -0.2) is 47.8 Å². The van der Waals surface area contributed by atoms with Crippen molar-refractivity contribution in [3.63, 3.8) is 0 Å². The number of hydrogen-bond donors (Lipinski definition) is 1. The summed E-state index contributed by atoms with van der Waals surface area (Å²) < 4.78 is 5.07. The lowest BCUT2D eigenvalue weighted by molar-refractivity contribution is 0.0696. The van der Waals surface area contributed by atoms with Crippen molar-refractivity contribution in [2.24, 2.45) is 0 Å². The van der Waals surface area contributed by atoms with Gasteiger partial charge < -0.3 is 9.84 Å². The highest BCUT2D eigenvalue weighted by molar-refractivity contribution is 5.87. The molecule has 17 heavy (non-hydrogen) atoms. The maximum atomic E-state index is 10.7. The maximum absolute atomic E-state index is 10.7. The van der Waals surface area contributed by atoms with Crippen LogP contribution in [0.15, 0.2) is 18.3 Å². The number of methoxy groups -OCH3 is 1.